The van der Waals surface area contributed by atoms with Crippen molar-refractivity contribution >= 4 is 23.4 Å². The summed E-state index contributed by atoms with van der Waals surface area (Å²) in [5.74, 6) is -0.475. The van der Waals surface area contributed by atoms with E-state index >= 15 is 0 Å². The molecule has 2 aromatic rings. The molecule has 0 radical (unpaired) electrons. The lowest BCUT2D eigenvalue weighted by atomic mass is 9.73. The average molecular weight is 407 g/mol. The third kappa shape index (κ3) is 3.38. The van der Waals surface area contributed by atoms with Crippen molar-refractivity contribution in [3.8, 4) is 0 Å². The predicted octanol–water partition coefficient (Wildman–Crippen LogP) is 1.29. The van der Waals surface area contributed by atoms with Gasteiger partial charge in [0, 0.05) is 30.9 Å². The van der Waals surface area contributed by atoms with Gasteiger partial charge in [0.05, 0.1) is 12.0 Å². The van der Waals surface area contributed by atoms with E-state index in [0.29, 0.717) is 17.1 Å². The van der Waals surface area contributed by atoms with Crippen LogP contribution in [0.1, 0.15) is 16.1 Å². The van der Waals surface area contributed by atoms with Gasteiger partial charge in [-0.05, 0) is 30.2 Å². The highest BCUT2D eigenvalue weighted by atomic mass is 35.5. The third-order valence-corrected chi connectivity index (χ3v) is 5.67. The number of amides is 2. The minimum atomic E-state index is -1.45. The molecule has 28 heavy (non-hydrogen) atoms. The van der Waals surface area contributed by atoms with Crippen LogP contribution in [-0.2, 0) is 11.2 Å². The Kier molecular flexibility index (Phi) is 4.84. The number of hydrogen-bond donors (Lipinski definition) is 2. The Hall–Kier alpha value is -2.45. The van der Waals surface area contributed by atoms with Crippen LogP contribution in [0.3, 0.4) is 0 Å². The van der Waals surface area contributed by atoms with Gasteiger partial charge in [-0.15, -0.1) is 0 Å². The maximum Gasteiger partial charge on any atom is 0.271 e. The van der Waals surface area contributed by atoms with E-state index < -0.39 is 17.7 Å². The van der Waals surface area contributed by atoms with Crippen LogP contribution in [0.25, 0.3) is 0 Å². The molecule has 0 aliphatic carbocycles. The molecule has 2 aliphatic heterocycles. The van der Waals surface area contributed by atoms with Crippen LogP contribution in [0, 0.1) is 5.41 Å². The second-order valence-electron chi connectivity index (χ2n) is 7.51. The summed E-state index contributed by atoms with van der Waals surface area (Å²) < 4.78 is 13.8. The quantitative estimate of drug-likeness (QED) is 0.800. The number of nitrogens with zero attached hydrogens (tertiary/aromatic N) is 3. The summed E-state index contributed by atoms with van der Waals surface area (Å²) >= 11 is 5.94. The summed E-state index contributed by atoms with van der Waals surface area (Å²) in [5, 5.41) is 16.7. The topological polar surface area (TPSA) is 89.5 Å². The number of aliphatic hydroxyl groups excluding tert-OH is 1. The van der Waals surface area contributed by atoms with E-state index in [1.54, 1.807) is 23.1 Å². The van der Waals surface area contributed by atoms with Crippen LogP contribution >= 0.6 is 11.6 Å². The smallest absolute Gasteiger partial charge is 0.271 e. The van der Waals surface area contributed by atoms with Crippen LogP contribution in [-0.4, -0.2) is 75.4 Å². The summed E-state index contributed by atoms with van der Waals surface area (Å²) in [6, 6.07) is 8.76. The molecule has 1 aromatic carbocycles. The molecular formula is C19H20ClFN4O3. The van der Waals surface area contributed by atoms with E-state index in [4.69, 9.17) is 11.6 Å². The first-order valence-electron chi connectivity index (χ1n) is 9.02. The van der Waals surface area contributed by atoms with Gasteiger partial charge in [-0.2, -0.15) is 5.10 Å². The van der Waals surface area contributed by atoms with Crippen LogP contribution in [0.5, 0.6) is 0 Å². The highest BCUT2D eigenvalue weighted by Gasteiger charge is 2.54. The molecule has 148 valence electrons. The second-order valence-corrected chi connectivity index (χ2v) is 7.95. The number of aliphatic hydroxyl groups is 1. The molecular weight excluding hydrogens is 387 g/mol. The van der Waals surface area contributed by atoms with Gasteiger partial charge in [-0.25, -0.2) is 4.39 Å². The molecule has 2 fully saturated rings. The van der Waals surface area contributed by atoms with Gasteiger partial charge in [0.2, 0.25) is 5.91 Å². The number of carbonyl (C=O) groups is 2. The van der Waals surface area contributed by atoms with Gasteiger partial charge >= 0.3 is 0 Å². The summed E-state index contributed by atoms with van der Waals surface area (Å²) in [6.45, 7) is 0.277. The number of alkyl halides is 1. The Balaban J connectivity index is 1.55. The standard InChI is InChI=1S/C19H20ClFN4O3/c20-13-3-1-12(2-4-13)7-19(18(28)24-8-14(21)16(26)9-24)10-25(11-19)17(27)15-5-6-22-23-15/h1-6,14,16,26H,7-11H2,(H,22,23)/t14-,16-/m1/s1. The molecule has 3 heterocycles. The molecule has 2 aliphatic rings. The molecule has 2 N–H and O–H groups in total. The molecule has 0 spiro atoms. The van der Waals surface area contributed by atoms with Crippen LogP contribution in [0.2, 0.25) is 5.02 Å². The van der Waals surface area contributed by atoms with E-state index in [1.807, 2.05) is 12.1 Å². The molecule has 0 bridgehead atoms. The molecule has 4 rings (SSSR count). The van der Waals surface area contributed by atoms with Crippen molar-refractivity contribution in [2.24, 2.45) is 5.41 Å². The van der Waals surface area contributed by atoms with Crippen molar-refractivity contribution in [1.29, 1.82) is 0 Å². The van der Waals surface area contributed by atoms with E-state index in [-0.39, 0.29) is 38.0 Å². The lowest BCUT2D eigenvalue weighted by Crippen LogP contribution is -2.66. The fourth-order valence-electron chi connectivity index (χ4n) is 3.94. The summed E-state index contributed by atoms with van der Waals surface area (Å²) in [5.41, 5.74) is 0.406. The van der Waals surface area contributed by atoms with Crippen LogP contribution in [0.4, 0.5) is 4.39 Å². The van der Waals surface area contributed by atoms with Crippen molar-refractivity contribution in [1.82, 2.24) is 20.0 Å². The number of aromatic amines is 1. The van der Waals surface area contributed by atoms with Gasteiger partial charge in [0.1, 0.15) is 18.0 Å². The third-order valence-electron chi connectivity index (χ3n) is 5.42. The van der Waals surface area contributed by atoms with E-state index in [9.17, 15) is 19.1 Å². The Morgan fingerprint density at radius 2 is 1.93 bits per heavy atom. The number of rotatable bonds is 4. The zero-order valence-electron chi connectivity index (χ0n) is 15.0. The Bertz CT molecular complexity index is 858. The lowest BCUT2D eigenvalue weighted by Gasteiger charge is -2.50. The predicted molar refractivity (Wildman–Crippen MR) is 99.6 cm³/mol. The van der Waals surface area contributed by atoms with Gasteiger partial charge in [0.25, 0.3) is 5.91 Å². The number of benzene rings is 1. The maximum absolute atomic E-state index is 13.8. The lowest BCUT2D eigenvalue weighted by molar-refractivity contribution is -0.150. The first-order valence-corrected chi connectivity index (χ1v) is 9.40. The van der Waals surface area contributed by atoms with Crippen molar-refractivity contribution in [2.45, 2.75) is 18.7 Å². The number of carbonyl (C=O) groups excluding carboxylic acids is 2. The molecule has 0 saturated carbocycles. The van der Waals surface area contributed by atoms with Crippen molar-refractivity contribution in [3.63, 3.8) is 0 Å². The molecule has 1 aromatic heterocycles. The van der Waals surface area contributed by atoms with Gasteiger partial charge in [0.15, 0.2) is 0 Å². The number of nitrogens with one attached hydrogen (secondary N) is 1. The fourth-order valence-corrected chi connectivity index (χ4v) is 4.06. The summed E-state index contributed by atoms with van der Waals surface area (Å²) in [7, 11) is 0. The zero-order valence-corrected chi connectivity index (χ0v) is 15.8. The minimum absolute atomic E-state index is 0.0309. The first-order chi connectivity index (χ1) is 13.4. The number of aromatic nitrogens is 2. The van der Waals surface area contributed by atoms with Crippen LogP contribution in [0.15, 0.2) is 36.5 Å². The fraction of sp³-hybridized carbons (Fsp3) is 0.421. The van der Waals surface area contributed by atoms with Gasteiger partial charge in [-0.3, -0.25) is 14.7 Å². The Morgan fingerprint density at radius 3 is 2.50 bits per heavy atom. The largest absolute Gasteiger partial charge is 0.388 e. The highest BCUT2D eigenvalue weighted by molar-refractivity contribution is 6.30. The molecule has 0 unspecified atom stereocenters. The molecule has 9 heteroatoms. The van der Waals surface area contributed by atoms with E-state index in [0.717, 1.165) is 5.56 Å². The highest BCUT2D eigenvalue weighted by Crippen LogP contribution is 2.38. The van der Waals surface area contributed by atoms with Crippen molar-refractivity contribution in [3.05, 3.63) is 52.8 Å². The number of halogens is 2. The van der Waals surface area contributed by atoms with Crippen LogP contribution < -0.4 is 0 Å². The molecule has 2 atom stereocenters. The number of H-pyrrole nitrogens is 1. The molecule has 2 amide bonds. The molecule has 7 nitrogen and oxygen atoms in total. The SMILES string of the molecule is O=C(c1ccn[nH]1)N1CC(Cc2ccc(Cl)cc2)(C(=O)N2C[C@@H](O)[C@H](F)C2)C1. The van der Waals surface area contributed by atoms with Crippen molar-refractivity contribution < 1.29 is 19.1 Å². The normalized spacial score (nSPS) is 23.5. The summed E-state index contributed by atoms with van der Waals surface area (Å²) in [6.07, 6.45) is -0.718. The molecule has 2 saturated heterocycles. The number of likely N-dealkylation sites (tertiary alicyclic amines) is 2. The van der Waals surface area contributed by atoms with Crippen molar-refractivity contribution in [2.75, 3.05) is 26.2 Å². The van der Waals surface area contributed by atoms with Gasteiger partial charge in [-0.1, -0.05) is 23.7 Å². The first kappa shape index (κ1) is 18.9. The Labute approximate surface area is 166 Å². The van der Waals surface area contributed by atoms with E-state index in [1.165, 1.54) is 11.1 Å². The monoisotopic (exact) mass is 406 g/mol. The number of β-amino-alcohol motifs (C(OH)–C–C–N with tert-alkyl or cyclic N) is 1. The minimum Gasteiger partial charge on any atom is -0.388 e. The zero-order chi connectivity index (χ0) is 19.9. The maximum atomic E-state index is 13.8. The number of hydrogen-bond acceptors (Lipinski definition) is 4. The van der Waals surface area contributed by atoms with E-state index in [2.05, 4.69) is 10.2 Å². The summed E-state index contributed by atoms with van der Waals surface area (Å²) in [4.78, 5) is 28.7. The second kappa shape index (κ2) is 7.18. The Morgan fingerprint density at radius 1 is 1.21 bits per heavy atom. The van der Waals surface area contributed by atoms with Gasteiger partial charge < -0.3 is 14.9 Å². The average Bonchev–Trinajstić information content (AvgIpc) is 3.29.